The van der Waals surface area contributed by atoms with E-state index < -0.39 is 11.7 Å². The first kappa shape index (κ1) is 26.0. The number of nitrogens with one attached hydrogen (secondary N) is 1. The summed E-state index contributed by atoms with van der Waals surface area (Å²) in [5, 5.41) is 5.05. The van der Waals surface area contributed by atoms with Crippen molar-refractivity contribution < 1.29 is 13.2 Å². The Bertz CT molecular complexity index is 1400. The number of thiazole rings is 1. The highest BCUT2D eigenvalue weighted by Crippen LogP contribution is 2.36. The van der Waals surface area contributed by atoms with Crippen molar-refractivity contribution >= 4 is 62.3 Å². The number of hydrogen-bond acceptors (Lipinski definition) is 6. The lowest BCUT2D eigenvalue weighted by atomic mass is 10.0. The zero-order chi connectivity index (χ0) is 26.3. The van der Waals surface area contributed by atoms with Crippen molar-refractivity contribution in [2.45, 2.75) is 45.3 Å². The van der Waals surface area contributed by atoms with E-state index in [1.807, 2.05) is 0 Å². The molecule has 0 bridgehead atoms. The van der Waals surface area contributed by atoms with Crippen LogP contribution in [0.3, 0.4) is 0 Å². The molecule has 1 fully saturated rings. The molecular formula is C26H24Cl2F3N5S. The quantitative estimate of drug-likeness (QED) is 0.254. The molecule has 1 aliphatic rings. The number of anilines is 3. The van der Waals surface area contributed by atoms with E-state index in [4.69, 9.17) is 38.2 Å². The van der Waals surface area contributed by atoms with Crippen molar-refractivity contribution in [3.05, 3.63) is 68.6 Å². The van der Waals surface area contributed by atoms with Crippen molar-refractivity contribution in [1.82, 2.24) is 15.0 Å². The van der Waals surface area contributed by atoms with Crippen molar-refractivity contribution in [1.29, 1.82) is 0 Å². The molecule has 1 saturated heterocycles. The van der Waals surface area contributed by atoms with Crippen molar-refractivity contribution in [2.24, 2.45) is 5.92 Å². The average Bonchev–Trinajstić information content (AvgIpc) is 3.49. The second kappa shape index (κ2) is 10.3. The van der Waals surface area contributed by atoms with E-state index in [0.717, 1.165) is 42.1 Å². The molecule has 194 valence electrons. The number of rotatable bonds is 6. The smallest absolute Gasteiger partial charge is 0.338 e. The lowest BCUT2D eigenvalue weighted by Crippen LogP contribution is -2.34. The third-order valence-corrected chi connectivity index (χ3v) is 8.14. The van der Waals surface area contributed by atoms with Crippen LogP contribution in [0, 0.1) is 5.92 Å². The Morgan fingerprint density at radius 2 is 1.76 bits per heavy atom. The van der Waals surface area contributed by atoms with Crippen molar-refractivity contribution in [3.63, 3.8) is 0 Å². The van der Waals surface area contributed by atoms with Crippen LogP contribution in [-0.4, -0.2) is 27.5 Å². The fourth-order valence-electron chi connectivity index (χ4n) is 4.61. The molecule has 5 rings (SSSR count). The van der Waals surface area contributed by atoms with Gasteiger partial charge in [0.25, 0.3) is 0 Å². The summed E-state index contributed by atoms with van der Waals surface area (Å²) >= 11 is 14.2. The van der Waals surface area contributed by atoms with Crippen molar-refractivity contribution in [3.8, 4) is 0 Å². The molecule has 0 saturated carbocycles. The zero-order valence-corrected chi connectivity index (χ0v) is 22.4. The Hall–Kier alpha value is -2.62. The van der Waals surface area contributed by atoms with Crippen LogP contribution in [0.2, 0.25) is 10.0 Å². The van der Waals surface area contributed by atoms with Crippen LogP contribution in [0.15, 0.2) is 42.5 Å². The maximum absolute atomic E-state index is 13.0. The molecule has 2 aromatic carbocycles. The number of nitrogens with zero attached hydrogens (tertiary/aromatic N) is 4. The molecule has 1 atom stereocenters. The molecule has 2 aromatic heterocycles. The third kappa shape index (κ3) is 5.49. The van der Waals surface area contributed by atoms with Gasteiger partial charge in [-0.1, -0.05) is 54.5 Å². The van der Waals surface area contributed by atoms with E-state index >= 15 is 0 Å². The molecule has 0 amide bonds. The zero-order valence-electron chi connectivity index (χ0n) is 20.1. The number of aromatic nitrogens is 3. The summed E-state index contributed by atoms with van der Waals surface area (Å²) in [5.74, 6) is 1.46. The van der Waals surface area contributed by atoms with Crippen LogP contribution in [0.4, 0.5) is 30.6 Å². The highest BCUT2D eigenvalue weighted by Gasteiger charge is 2.31. The van der Waals surface area contributed by atoms with Gasteiger partial charge in [-0.3, -0.25) is 0 Å². The Balaban J connectivity index is 1.56. The minimum absolute atomic E-state index is 0.311. The summed E-state index contributed by atoms with van der Waals surface area (Å²) in [6, 6.07) is 10.5. The van der Waals surface area contributed by atoms with E-state index in [2.05, 4.69) is 24.1 Å². The summed E-state index contributed by atoms with van der Waals surface area (Å²) in [6.45, 7) is 5.21. The van der Waals surface area contributed by atoms with Gasteiger partial charge >= 0.3 is 6.18 Å². The summed E-state index contributed by atoms with van der Waals surface area (Å²) in [7, 11) is 0. The van der Waals surface area contributed by atoms with Gasteiger partial charge in [0.1, 0.15) is 10.5 Å². The number of fused-ring (bicyclic) bond motifs is 1. The molecule has 1 unspecified atom stereocenters. The Labute approximate surface area is 226 Å². The predicted molar refractivity (Wildman–Crippen MR) is 144 cm³/mol. The van der Waals surface area contributed by atoms with Crippen LogP contribution in [0.5, 0.6) is 0 Å². The van der Waals surface area contributed by atoms with Gasteiger partial charge in [0.2, 0.25) is 5.95 Å². The molecule has 11 heteroatoms. The van der Waals surface area contributed by atoms with Crippen LogP contribution < -0.4 is 10.2 Å². The standard InChI is InChI=1S/C26H24Cl2F3N5S/c1-14(2)20-7-4-12-36(20)25-34-23(32-16-10-8-15(9-11-16)26(29,30)31)22-24(35-25)37-21(33-22)13-17-18(27)5-3-6-19(17)28/h3,5-6,8-11,14,20H,4,7,12-13H2,1-2H3,(H,32,34,35). The highest BCUT2D eigenvalue weighted by atomic mass is 35.5. The number of benzene rings is 2. The van der Waals surface area contributed by atoms with Gasteiger partial charge in [-0.25, -0.2) is 4.98 Å². The second-order valence-electron chi connectivity index (χ2n) is 9.36. The molecule has 5 nitrogen and oxygen atoms in total. The van der Waals surface area contributed by atoms with Gasteiger partial charge < -0.3 is 10.2 Å². The average molecular weight is 566 g/mol. The Morgan fingerprint density at radius 1 is 1.05 bits per heavy atom. The van der Waals surface area contributed by atoms with E-state index in [0.29, 0.717) is 56.2 Å². The lowest BCUT2D eigenvalue weighted by Gasteiger charge is -2.27. The Morgan fingerprint density at radius 3 is 2.41 bits per heavy atom. The molecule has 4 aromatic rings. The summed E-state index contributed by atoms with van der Waals surface area (Å²) in [5.41, 5.74) is 1.09. The van der Waals surface area contributed by atoms with Gasteiger partial charge in [-0.05, 0) is 60.7 Å². The van der Waals surface area contributed by atoms with Gasteiger partial charge in [-0.15, -0.1) is 0 Å². The number of hydrogen-bond donors (Lipinski definition) is 1. The molecule has 0 spiro atoms. The minimum atomic E-state index is -4.40. The fraction of sp³-hybridized carbons (Fsp3) is 0.346. The first-order valence-electron chi connectivity index (χ1n) is 11.9. The van der Waals surface area contributed by atoms with Crippen molar-refractivity contribution in [2.75, 3.05) is 16.8 Å². The van der Waals surface area contributed by atoms with Gasteiger partial charge in [0.15, 0.2) is 10.6 Å². The first-order chi connectivity index (χ1) is 17.6. The van der Waals surface area contributed by atoms with E-state index in [9.17, 15) is 13.2 Å². The normalized spacial score (nSPS) is 16.2. The topological polar surface area (TPSA) is 53.9 Å². The first-order valence-corrected chi connectivity index (χ1v) is 13.5. The number of halogens is 5. The molecule has 0 radical (unpaired) electrons. The van der Waals surface area contributed by atoms with Gasteiger partial charge in [0.05, 0.1) is 5.56 Å². The largest absolute Gasteiger partial charge is 0.416 e. The summed E-state index contributed by atoms with van der Waals surface area (Å²) in [4.78, 5) is 17.4. The highest BCUT2D eigenvalue weighted by molar-refractivity contribution is 7.18. The molecule has 0 aliphatic carbocycles. The molecule has 1 N–H and O–H groups in total. The Kier molecular flexibility index (Phi) is 7.22. The monoisotopic (exact) mass is 565 g/mol. The molecular weight excluding hydrogens is 542 g/mol. The minimum Gasteiger partial charge on any atom is -0.338 e. The maximum atomic E-state index is 13.0. The van der Waals surface area contributed by atoms with Crippen LogP contribution in [0.1, 0.15) is 42.8 Å². The lowest BCUT2D eigenvalue weighted by molar-refractivity contribution is -0.137. The maximum Gasteiger partial charge on any atom is 0.416 e. The summed E-state index contributed by atoms with van der Waals surface area (Å²) < 4.78 is 39.1. The summed E-state index contributed by atoms with van der Waals surface area (Å²) in [6.07, 6.45) is -1.88. The van der Waals surface area contributed by atoms with E-state index in [1.165, 1.54) is 23.5 Å². The fourth-order valence-corrected chi connectivity index (χ4v) is 6.08. The van der Waals surface area contributed by atoms with Crippen LogP contribution in [-0.2, 0) is 12.6 Å². The third-order valence-electron chi connectivity index (χ3n) is 6.48. The predicted octanol–water partition coefficient (Wildman–Crippen LogP) is 8.37. The molecule has 1 aliphatic heterocycles. The second-order valence-corrected chi connectivity index (χ2v) is 11.2. The molecule has 37 heavy (non-hydrogen) atoms. The van der Waals surface area contributed by atoms with Crippen LogP contribution in [0.25, 0.3) is 10.3 Å². The van der Waals surface area contributed by atoms with Gasteiger partial charge in [0, 0.05) is 34.7 Å². The number of alkyl halides is 3. The molecule has 3 heterocycles. The van der Waals surface area contributed by atoms with E-state index in [-0.39, 0.29) is 0 Å². The SMILES string of the molecule is CC(C)C1CCCN1c1nc(Nc2ccc(C(F)(F)F)cc2)c2nc(Cc3c(Cl)cccc3Cl)sc2n1. The van der Waals surface area contributed by atoms with E-state index in [1.54, 1.807) is 18.2 Å². The van der Waals surface area contributed by atoms with Crippen LogP contribution >= 0.6 is 34.5 Å². The van der Waals surface area contributed by atoms with Gasteiger partial charge in [-0.2, -0.15) is 23.1 Å².